The maximum absolute atomic E-state index is 11.4. The molecule has 7 nitrogen and oxygen atoms in total. The van der Waals surface area contributed by atoms with Crippen LogP contribution in [0.25, 0.3) is 0 Å². The molecule has 0 fully saturated rings. The number of carboxylic acids is 1. The number of anilines is 1. The zero-order chi connectivity index (χ0) is 14.6. The molecule has 0 saturated carbocycles. The first-order valence-corrected chi connectivity index (χ1v) is 7.00. The molecule has 19 heavy (non-hydrogen) atoms. The summed E-state index contributed by atoms with van der Waals surface area (Å²) in [6, 6.07) is 3.39. The Morgan fingerprint density at radius 1 is 1.32 bits per heavy atom. The van der Waals surface area contributed by atoms with Crippen LogP contribution in [0.2, 0.25) is 0 Å². The minimum Gasteiger partial charge on any atom is -0.478 e. The topological polar surface area (TPSA) is 110 Å². The number of carboxylic acid groups (broad SMARTS) is 1. The van der Waals surface area contributed by atoms with Crippen molar-refractivity contribution >= 4 is 27.4 Å². The lowest BCUT2D eigenvalue weighted by molar-refractivity contribution is -0.119. The Morgan fingerprint density at radius 2 is 1.95 bits per heavy atom. The van der Waals surface area contributed by atoms with Crippen molar-refractivity contribution in [1.29, 1.82) is 0 Å². The monoisotopic (exact) mass is 287 g/mol. The number of carbonyl (C=O) groups is 2. The molecule has 1 amide bonds. The molecule has 1 rings (SSSR count). The minimum atomic E-state index is -3.58. The van der Waals surface area contributed by atoms with Crippen LogP contribution in [0.5, 0.6) is 0 Å². The van der Waals surface area contributed by atoms with Gasteiger partial charge in [0.05, 0.1) is 10.5 Å². The quantitative estimate of drug-likeness (QED) is 0.809. The van der Waals surface area contributed by atoms with Gasteiger partial charge in [-0.2, -0.15) is 0 Å². The number of ether oxygens (including phenoxy) is 1. The second kappa shape index (κ2) is 5.81. The van der Waals surface area contributed by atoms with Crippen LogP contribution in [0.4, 0.5) is 5.69 Å². The summed E-state index contributed by atoms with van der Waals surface area (Å²) in [5.41, 5.74) is -0.141. The fourth-order valence-corrected chi connectivity index (χ4v) is 2.02. The molecule has 1 aromatic rings. The van der Waals surface area contributed by atoms with Gasteiger partial charge in [-0.25, -0.2) is 13.2 Å². The van der Waals surface area contributed by atoms with E-state index < -0.39 is 21.7 Å². The summed E-state index contributed by atoms with van der Waals surface area (Å²) in [6.45, 7) is -0.217. The van der Waals surface area contributed by atoms with Crippen molar-refractivity contribution in [3.8, 4) is 0 Å². The van der Waals surface area contributed by atoms with Crippen LogP contribution in [0, 0.1) is 0 Å². The standard InChI is InChI=1S/C11H13NO6S/c1-18-6-10(13)12-8-3-7(11(14)15)4-9(5-8)19(2,16)17/h3-5H,6H2,1-2H3,(H,12,13)(H,14,15). The third kappa shape index (κ3) is 4.34. The highest BCUT2D eigenvalue weighted by Gasteiger charge is 2.14. The number of amides is 1. The zero-order valence-electron chi connectivity index (χ0n) is 10.3. The maximum Gasteiger partial charge on any atom is 0.335 e. The first kappa shape index (κ1) is 15.1. The Morgan fingerprint density at radius 3 is 2.42 bits per heavy atom. The van der Waals surface area contributed by atoms with Crippen LogP contribution in [0.1, 0.15) is 10.4 Å². The normalized spacial score (nSPS) is 11.1. The molecule has 0 atom stereocenters. The van der Waals surface area contributed by atoms with E-state index >= 15 is 0 Å². The highest BCUT2D eigenvalue weighted by atomic mass is 32.2. The van der Waals surface area contributed by atoms with E-state index in [1.807, 2.05) is 0 Å². The van der Waals surface area contributed by atoms with Gasteiger partial charge in [0, 0.05) is 19.1 Å². The third-order valence-electron chi connectivity index (χ3n) is 2.14. The molecule has 0 bridgehead atoms. The fourth-order valence-electron chi connectivity index (χ4n) is 1.34. The summed E-state index contributed by atoms with van der Waals surface area (Å²) in [7, 11) is -2.25. The molecular formula is C11H13NO6S. The lowest BCUT2D eigenvalue weighted by atomic mass is 10.2. The summed E-state index contributed by atoms with van der Waals surface area (Å²) in [5.74, 6) is -1.79. The molecule has 0 aromatic heterocycles. The number of rotatable bonds is 5. The Hall–Kier alpha value is -1.93. The van der Waals surface area contributed by atoms with Gasteiger partial charge in [0.15, 0.2) is 9.84 Å². The average molecular weight is 287 g/mol. The molecule has 8 heteroatoms. The first-order chi connectivity index (χ1) is 8.74. The second-order valence-corrected chi connectivity index (χ2v) is 5.82. The van der Waals surface area contributed by atoms with Crippen LogP contribution in [-0.2, 0) is 19.4 Å². The molecule has 1 aromatic carbocycles. The van der Waals surface area contributed by atoms with E-state index in [1.54, 1.807) is 0 Å². The van der Waals surface area contributed by atoms with Crippen molar-refractivity contribution in [2.24, 2.45) is 0 Å². The largest absolute Gasteiger partial charge is 0.478 e. The third-order valence-corrected chi connectivity index (χ3v) is 3.23. The summed E-state index contributed by atoms with van der Waals surface area (Å²) < 4.78 is 27.5. The Kier molecular flexibility index (Phi) is 4.62. The lowest BCUT2D eigenvalue weighted by Gasteiger charge is -2.08. The number of nitrogens with one attached hydrogen (secondary N) is 1. The Labute approximate surface area is 110 Å². The van der Waals surface area contributed by atoms with Crippen molar-refractivity contribution in [1.82, 2.24) is 0 Å². The van der Waals surface area contributed by atoms with Gasteiger partial charge in [-0.1, -0.05) is 0 Å². The van der Waals surface area contributed by atoms with Gasteiger partial charge in [-0.15, -0.1) is 0 Å². The Balaban J connectivity index is 3.21. The summed E-state index contributed by atoms with van der Waals surface area (Å²) in [5, 5.41) is 11.3. The predicted octanol–water partition coefficient (Wildman–Crippen LogP) is 0.373. The van der Waals surface area contributed by atoms with Crippen molar-refractivity contribution in [2.45, 2.75) is 4.90 Å². The number of benzene rings is 1. The molecule has 0 aliphatic carbocycles. The number of carbonyl (C=O) groups excluding carboxylic acids is 1. The molecule has 0 heterocycles. The van der Waals surface area contributed by atoms with E-state index in [1.165, 1.54) is 19.2 Å². The fraction of sp³-hybridized carbons (Fsp3) is 0.273. The molecule has 104 valence electrons. The van der Waals surface area contributed by atoms with Gasteiger partial charge >= 0.3 is 5.97 Å². The van der Waals surface area contributed by atoms with Crippen LogP contribution in [0.3, 0.4) is 0 Å². The van der Waals surface area contributed by atoms with E-state index in [4.69, 9.17) is 5.11 Å². The van der Waals surface area contributed by atoms with Gasteiger partial charge in [-0.3, -0.25) is 4.79 Å². The van der Waals surface area contributed by atoms with Crippen molar-refractivity contribution in [2.75, 3.05) is 25.3 Å². The number of methoxy groups -OCH3 is 1. The molecule has 0 unspecified atom stereocenters. The highest BCUT2D eigenvalue weighted by Crippen LogP contribution is 2.19. The second-order valence-electron chi connectivity index (χ2n) is 3.80. The lowest BCUT2D eigenvalue weighted by Crippen LogP contribution is -2.17. The molecule has 0 spiro atoms. The van der Waals surface area contributed by atoms with Crippen molar-refractivity contribution < 1.29 is 27.9 Å². The Bertz CT molecular complexity index is 608. The zero-order valence-corrected chi connectivity index (χ0v) is 11.2. The molecule has 0 aliphatic heterocycles. The molecule has 0 radical (unpaired) electrons. The van der Waals surface area contributed by atoms with Crippen LogP contribution in [-0.4, -0.2) is 45.4 Å². The number of hydrogen-bond donors (Lipinski definition) is 2. The SMILES string of the molecule is COCC(=O)Nc1cc(C(=O)O)cc(S(C)(=O)=O)c1. The maximum atomic E-state index is 11.4. The van der Waals surface area contributed by atoms with E-state index in [9.17, 15) is 18.0 Å². The van der Waals surface area contributed by atoms with Crippen molar-refractivity contribution in [3.63, 3.8) is 0 Å². The van der Waals surface area contributed by atoms with Crippen molar-refractivity contribution in [3.05, 3.63) is 23.8 Å². The molecular weight excluding hydrogens is 274 g/mol. The average Bonchev–Trinajstić information content (AvgIpc) is 2.27. The van der Waals surface area contributed by atoms with Gasteiger partial charge in [-0.05, 0) is 18.2 Å². The minimum absolute atomic E-state index is 0.0855. The van der Waals surface area contributed by atoms with E-state index in [0.717, 1.165) is 12.3 Å². The predicted molar refractivity (Wildman–Crippen MR) is 67.0 cm³/mol. The van der Waals surface area contributed by atoms with Gasteiger partial charge < -0.3 is 15.2 Å². The van der Waals surface area contributed by atoms with Gasteiger partial charge in [0.1, 0.15) is 6.61 Å². The van der Waals surface area contributed by atoms with Gasteiger partial charge in [0.25, 0.3) is 0 Å². The number of aromatic carboxylic acids is 1. The summed E-state index contributed by atoms with van der Waals surface area (Å²) >= 11 is 0. The van der Waals surface area contributed by atoms with Crippen LogP contribution >= 0.6 is 0 Å². The molecule has 0 saturated heterocycles. The summed E-state index contributed by atoms with van der Waals surface area (Å²) in [6.07, 6.45) is 0.953. The molecule has 2 N–H and O–H groups in total. The summed E-state index contributed by atoms with van der Waals surface area (Å²) in [4.78, 5) is 22.1. The van der Waals surface area contributed by atoms with E-state index in [0.29, 0.717) is 0 Å². The van der Waals surface area contributed by atoms with Gasteiger partial charge in [0.2, 0.25) is 5.91 Å². The van der Waals surface area contributed by atoms with Crippen LogP contribution in [0.15, 0.2) is 23.1 Å². The first-order valence-electron chi connectivity index (χ1n) is 5.11. The van der Waals surface area contributed by atoms with E-state index in [2.05, 4.69) is 10.1 Å². The molecule has 0 aliphatic rings. The smallest absolute Gasteiger partial charge is 0.335 e. The number of sulfone groups is 1. The van der Waals surface area contributed by atoms with E-state index in [-0.39, 0.29) is 22.8 Å². The van der Waals surface area contributed by atoms with Crippen LogP contribution < -0.4 is 5.32 Å². The highest BCUT2D eigenvalue weighted by molar-refractivity contribution is 7.90. The number of hydrogen-bond acceptors (Lipinski definition) is 5.